The number of carbonyl (C=O) groups is 1. The van der Waals surface area contributed by atoms with Gasteiger partial charge >= 0.3 is 0 Å². The topological polar surface area (TPSA) is 129 Å². The number of nitrogens with one attached hydrogen (secondary N) is 1. The van der Waals surface area contributed by atoms with E-state index in [2.05, 4.69) is 31.2 Å². The molecule has 0 unspecified atom stereocenters. The second kappa shape index (κ2) is 11.4. The number of amides is 1. The van der Waals surface area contributed by atoms with Crippen LogP contribution >= 0.6 is 15.9 Å². The van der Waals surface area contributed by atoms with Crippen LogP contribution in [0.2, 0.25) is 0 Å². The van der Waals surface area contributed by atoms with Crippen LogP contribution in [0.25, 0.3) is 0 Å². The number of anilines is 2. The third-order valence-electron chi connectivity index (χ3n) is 3.25. The number of hydrogen-bond acceptors (Lipinski definition) is 8. The van der Waals surface area contributed by atoms with Gasteiger partial charge in [-0.15, -0.1) is 0 Å². The van der Waals surface area contributed by atoms with Crippen LogP contribution in [0.15, 0.2) is 35.2 Å². The lowest BCUT2D eigenvalue weighted by Gasteiger charge is -2.16. The van der Waals surface area contributed by atoms with Crippen LogP contribution < -0.4 is 15.8 Å². The van der Waals surface area contributed by atoms with Crippen molar-refractivity contribution in [1.29, 1.82) is 0 Å². The number of rotatable bonds is 11. The van der Waals surface area contributed by atoms with Crippen molar-refractivity contribution in [3.05, 3.63) is 40.9 Å². The zero-order valence-corrected chi connectivity index (χ0v) is 16.1. The predicted molar refractivity (Wildman–Crippen MR) is 103 cm³/mol. The summed E-state index contributed by atoms with van der Waals surface area (Å²) in [6, 6.07) is 3.38. The Morgan fingerprint density at radius 3 is 2.59 bits per heavy atom. The summed E-state index contributed by atoms with van der Waals surface area (Å²) < 4.78 is 16.8. The van der Waals surface area contributed by atoms with Gasteiger partial charge in [0.2, 0.25) is 0 Å². The van der Waals surface area contributed by atoms with Crippen molar-refractivity contribution in [3.63, 3.8) is 0 Å². The fourth-order valence-corrected chi connectivity index (χ4v) is 2.44. The molecular formula is C17H21BrN4O5. The maximum absolute atomic E-state index is 12.3. The van der Waals surface area contributed by atoms with E-state index in [-0.39, 0.29) is 25.5 Å². The molecule has 0 saturated heterocycles. The highest BCUT2D eigenvalue weighted by molar-refractivity contribution is 9.10. The molecule has 0 atom stereocenters. The van der Waals surface area contributed by atoms with Crippen LogP contribution in [0, 0.1) is 0 Å². The molecule has 4 N–H and O–H groups in total. The van der Waals surface area contributed by atoms with Crippen molar-refractivity contribution < 1.29 is 24.1 Å². The molecule has 1 heterocycles. The highest BCUT2D eigenvalue weighted by Gasteiger charge is 2.16. The molecule has 146 valence electrons. The summed E-state index contributed by atoms with van der Waals surface area (Å²) in [5.41, 5.74) is 6.94. The molecule has 9 nitrogen and oxygen atoms in total. The Morgan fingerprint density at radius 1 is 1.15 bits per heavy atom. The first-order chi connectivity index (χ1) is 13.1. The zero-order valence-electron chi connectivity index (χ0n) is 14.6. The van der Waals surface area contributed by atoms with Crippen LogP contribution in [-0.2, 0) is 9.47 Å². The Hall–Kier alpha value is -2.27. The summed E-state index contributed by atoms with van der Waals surface area (Å²) in [5.74, 6) is -0.0988. The van der Waals surface area contributed by atoms with Gasteiger partial charge in [0.1, 0.15) is 18.0 Å². The van der Waals surface area contributed by atoms with E-state index in [1.165, 1.54) is 18.6 Å². The number of halogens is 1. The summed E-state index contributed by atoms with van der Waals surface area (Å²) in [4.78, 5) is 20.2. The van der Waals surface area contributed by atoms with Gasteiger partial charge in [0.05, 0.1) is 44.9 Å². The maximum atomic E-state index is 12.3. The van der Waals surface area contributed by atoms with Crippen molar-refractivity contribution in [2.24, 2.45) is 0 Å². The van der Waals surface area contributed by atoms with E-state index in [4.69, 9.17) is 25.1 Å². The monoisotopic (exact) mass is 440 g/mol. The highest BCUT2D eigenvalue weighted by atomic mass is 79.9. The number of nitrogens with zero attached hydrogens (tertiary/aromatic N) is 2. The van der Waals surface area contributed by atoms with Gasteiger partial charge in [-0.2, -0.15) is 0 Å². The molecule has 10 heteroatoms. The highest BCUT2D eigenvalue weighted by Crippen LogP contribution is 2.38. The Labute approximate surface area is 165 Å². The Kier molecular flexibility index (Phi) is 8.92. The lowest BCUT2D eigenvalue weighted by molar-refractivity contribution is 0.0248. The average Bonchev–Trinajstić information content (AvgIpc) is 2.69. The fraction of sp³-hybridized carbons (Fsp3) is 0.353. The fourth-order valence-electron chi connectivity index (χ4n) is 2.03. The lowest BCUT2D eigenvalue weighted by Crippen LogP contribution is -2.17. The number of aliphatic hydroxyl groups excluding tert-OH is 1. The molecule has 0 aliphatic carbocycles. The Balaban J connectivity index is 1.94. The average molecular weight is 441 g/mol. The van der Waals surface area contributed by atoms with E-state index in [1.54, 1.807) is 12.1 Å². The third kappa shape index (κ3) is 6.75. The summed E-state index contributed by atoms with van der Waals surface area (Å²) in [7, 11) is 0. The molecular weight excluding hydrogens is 420 g/mol. The van der Waals surface area contributed by atoms with Crippen LogP contribution in [0.1, 0.15) is 10.5 Å². The molecule has 0 radical (unpaired) electrons. The normalized spacial score (nSPS) is 10.6. The van der Waals surface area contributed by atoms with Crippen LogP contribution in [0.3, 0.4) is 0 Å². The van der Waals surface area contributed by atoms with Gasteiger partial charge in [-0.05, 0) is 28.1 Å². The maximum Gasteiger partial charge on any atom is 0.275 e. The van der Waals surface area contributed by atoms with E-state index in [9.17, 15) is 4.79 Å². The van der Waals surface area contributed by atoms with Gasteiger partial charge in [0, 0.05) is 16.9 Å². The van der Waals surface area contributed by atoms with E-state index >= 15 is 0 Å². The molecule has 1 aromatic carbocycles. The van der Waals surface area contributed by atoms with Crippen molar-refractivity contribution in [2.45, 2.75) is 0 Å². The summed E-state index contributed by atoms with van der Waals surface area (Å²) in [6.07, 6.45) is 4.28. The number of hydrogen-bond donors (Lipinski definition) is 3. The molecule has 0 bridgehead atoms. The standard InChI is InChI=1S/C17H21BrN4O5/c18-12-1-2-13(19)16(27-10-9-26-8-7-25-6-5-23)15(12)22-17(24)14-11-20-3-4-21-14/h1-4,11,23H,5-10,19H2,(H,22,24). The second-order valence-corrected chi connectivity index (χ2v) is 6.04. The largest absolute Gasteiger partial charge is 0.487 e. The molecule has 0 saturated carbocycles. The molecule has 27 heavy (non-hydrogen) atoms. The SMILES string of the molecule is Nc1ccc(Br)c(NC(=O)c2cnccn2)c1OCCOCCOCCO. The lowest BCUT2D eigenvalue weighted by atomic mass is 10.2. The second-order valence-electron chi connectivity index (χ2n) is 5.18. The third-order valence-corrected chi connectivity index (χ3v) is 3.91. The molecule has 0 spiro atoms. The van der Waals surface area contributed by atoms with Gasteiger partial charge in [0.25, 0.3) is 5.91 Å². The van der Waals surface area contributed by atoms with Gasteiger partial charge < -0.3 is 30.4 Å². The number of aliphatic hydroxyl groups is 1. The van der Waals surface area contributed by atoms with Gasteiger partial charge in [-0.1, -0.05) is 0 Å². The summed E-state index contributed by atoms with van der Waals surface area (Å²) in [6.45, 7) is 1.57. The van der Waals surface area contributed by atoms with E-state index < -0.39 is 5.91 Å². The number of aromatic nitrogens is 2. The zero-order chi connectivity index (χ0) is 19.5. The smallest absolute Gasteiger partial charge is 0.275 e. The minimum Gasteiger partial charge on any atom is -0.487 e. The quantitative estimate of drug-likeness (QED) is 0.353. The van der Waals surface area contributed by atoms with Crippen LogP contribution in [0.4, 0.5) is 11.4 Å². The summed E-state index contributed by atoms with van der Waals surface area (Å²) >= 11 is 3.39. The number of nitrogen functional groups attached to an aromatic ring is 1. The molecule has 0 fully saturated rings. The van der Waals surface area contributed by atoms with E-state index in [0.29, 0.717) is 41.4 Å². The molecule has 0 aliphatic heterocycles. The molecule has 2 rings (SSSR count). The molecule has 0 aliphatic rings. The number of ether oxygens (including phenoxy) is 3. The first-order valence-corrected chi connectivity index (χ1v) is 8.97. The van der Waals surface area contributed by atoms with Crippen molar-refractivity contribution in [3.8, 4) is 5.75 Å². The van der Waals surface area contributed by atoms with Gasteiger partial charge in [-0.25, -0.2) is 4.98 Å². The number of carbonyl (C=O) groups excluding carboxylic acids is 1. The number of benzene rings is 1. The van der Waals surface area contributed by atoms with E-state index in [1.807, 2.05) is 0 Å². The van der Waals surface area contributed by atoms with Gasteiger partial charge in [0.15, 0.2) is 5.75 Å². The first-order valence-electron chi connectivity index (χ1n) is 8.18. The molecule has 1 aromatic heterocycles. The predicted octanol–water partition coefficient (Wildman–Crippen LogP) is 1.48. The Bertz CT molecular complexity index is 733. The van der Waals surface area contributed by atoms with Crippen molar-refractivity contribution >= 4 is 33.2 Å². The van der Waals surface area contributed by atoms with Crippen molar-refractivity contribution in [2.75, 3.05) is 50.7 Å². The van der Waals surface area contributed by atoms with E-state index in [0.717, 1.165) is 0 Å². The molecule has 2 aromatic rings. The number of nitrogens with two attached hydrogens (primary N) is 1. The molecule has 1 amide bonds. The Morgan fingerprint density at radius 2 is 1.89 bits per heavy atom. The minimum absolute atomic E-state index is 0.0195. The van der Waals surface area contributed by atoms with Crippen LogP contribution in [0.5, 0.6) is 5.75 Å². The minimum atomic E-state index is -0.434. The van der Waals surface area contributed by atoms with Crippen molar-refractivity contribution in [1.82, 2.24) is 9.97 Å². The van der Waals surface area contributed by atoms with Crippen LogP contribution in [-0.4, -0.2) is 60.6 Å². The summed E-state index contributed by atoms with van der Waals surface area (Å²) in [5, 5.41) is 11.3. The van der Waals surface area contributed by atoms with Gasteiger partial charge in [-0.3, -0.25) is 9.78 Å². The first kappa shape index (κ1) is 21.0.